The average molecular weight is 444 g/mol. The van der Waals surface area contributed by atoms with Gasteiger partial charge in [-0.3, -0.25) is 9.59 Å². The van der Waals surface area contributed by atoms with Crippen molar-refractivity contribution in [2.45, 2.75) is 37.7 Å². The summed E-state index contributed by atoms with van der Waals surface area (Å²) >= 11 is 0. The van der Waals surface area contributed by atoms with Crippen molar-refractivity contribution in [1.29, 1.82) is 0 Å². The summed E-state index contributed by atoms with van der Waals surface area (Å²) < 4.78 is 33.3. The molecule has 2 atom stereocenters. The van der Waals surface area contributed by atoms with Gasteiger partial charge in [0.1, 0.15) is 5.75 Å². The number of carbonyl (C=O) groups excluding carboxylic acids is 2. The van der Waals surface area contributed by atoms with Crippen molar-refractivity contribution >= 4 is 33.2 Å². The lowest BCUT2D eigenvalue weighted by Crippen LogP contribution is -2.43. The summed E-state index contributed by atoms with van der Waals surface area (Å²) in [6, 6.07) is 11.9. The maximum Gasteiger partial charge on any atom is 0.265 e. The lowest BCUT2D eigenvalue weighted by atomic mass is 9.98. The zero-order valence-electron chi connectivity index (χ0n) is 17.4. The Morgan fingerprint density at radius 2 is 1.94 bits per heavy atom. The van der Waals surface area contributed by atoms with Gasteiger partial charge in [0.25, 0.3) is 5.91 Å². The van der Waals surface area contributed by atoms with Crippen LogP contribution in [0.25, 0.3) is 0 Å². The first kappa shape index (κ1) is 21.3. The Hall–Kier alpha value is -2.91. The van der Waals surface area contributed by atoms with E-state index in [0.717, 1.165) is 5.56 Å². The van der Waals surface area contributed by atoms with Crippen LogP contribution in [0.2, 0.25) is 0 Å². The smallest absolute Gasteiger partial charge is 0.265 e. The first-order valence-corrected chi connectivity index (χ1v) is 11.7. The first-order valence-electron chi connectivity index (χ1n) is 10.2. The number of carbonyl (C=O) groups is 2. The van der Waals surface area contributed by atoms with Crippen molar-refractivity contribution in [3.63, 3.8) is 0 Å². The van der Waals surface area contributed by atoms with Crippen molar-refractivity contribution in [3.05, 3.63) is 48.0 Å². The molecule has 0 saturated carbocycles. The molecule has 0 spiro atoms. The number of anilines is 2. The maximum atomic E-state index is 13.2. The molecule has 2 aromatic carbocycles. The minimum atomic E-state index is -3.82. The van der Waals surface area contributed by atoms with E-state index in [9.17, 15) is 18.0 Å². The molecular formula is C22H25N3O5S. The van der Waals surface area contributed by atoms with Crippen LogP contribution in [0.5, 0.6) is 5.75 Å². The standard InChI is InChI=1S/C22H25N3O5S/c1-14-5-7-17(8-6-14)23-22(27)16-4-3-11-25(13-16)31(28,29)18-9-10-20-19(12-18)24-21(26)15(2)30-20/h5-10,12,15-16H,3-4,11,13H2,1-2H3,(H,23,27)(H,24,26)/t15-,16+/m1/s1. The van der Waals surface area contributed by atoms with Gasteiger partial charge in [0.05, 0.1) is 16.5 Å². The molecule has 0 bridgehead atoms. The van der Waals surface area contributed by atoms with Crippen LogP contribution in [0.3, 0.4) is 0 Å². The SMILES string of the molecule is Cc1ccc(NC(=O)[C@H]2CCCN(S(=O)(=O)c3ccc4c(c3)NC(=O)[C@@H](C)O4)C2)cc1. The molecule has 0 radical (unpaired) electrons. The average Bonchev–Trinajstić information content (AvgIpc) is 2.76. The lowest BCUT2D eigenvalue weighted by Gasteiger charge is -2.31. The molecule has 2 aliphatic rings. The Morgan fingerprint density at radius 3 is 2.68 bits per heavy atom. The largest absolute Gasteiger partial charge is 0.479 e. The number of nitrogens with zero attached hydrogens (tertiary/aromatic N) is 1. The molecule has 9 heteroatoms. The molecule has 8 nitrogen and oxygen atoms in total. The Kier molecular flexibility index (Phi) is 5.72. The topological polar surface area (TPSA) is 105 Å². The Labute approximate surface area is 181 Å². The molecular weight excluding hydrogens is 418 g/mol. The van der Waals surface area contributed by atoms with E-state index in [1.54, 1.807) is 13.0 Å². The maximum absolute atomic E-state index is 13.2. The van der Waals surface area contributed by atoms with Gasteiger partial charge in [0.2, 0.25) is 15.9 Å². The van der Waals surface area contributed by atoms with Crippen LogP contribution in [0, 0.1) is 12.8 Å². The highest BCUT2D eigenvalue weighted by Gasteiger charge is 2.34. The summed E-state index contributed by atoms with van der Waals surface area (Å²) in [5.41, 5.74) is 2.11. The fraction of sp³-hybridized carbons (Fsp3) is 0.364. The zero-order chi connectivity index (χ0) is 22.2. The second-order valence-electron chi connectivity index (χ2n) is 7.96. The quantitative estimate of drug-likeness (QED) is 0.756. The third-order valence-electron chi connectivity index (χ3n) is 5.59. The van der Waals surface area contributed by atoms with E-state index in [-0.39, 0.29) is 23.3 Å². The highest BCUT2D eigenvalue weighted by Crippen LogP contribution is 2.33. The number of rotatable bonds is 4. The second-order valence-corrected chi connectivity index (χ2v) is 9.90. The predicted octanol–water partition coefficient (Wildman–Crippen LogP) is 2.75. The fourth-order valence-electron chi connectivity index (χ4n) is 3.75. The Balaban J connectivity index is 1.49. The van der Waals surface area contributed by atoms with Gasteiger partial charge in [-0.2, -0.15) is 4.31 Å². The molecule has 164 valence electrons. The van der Waals surface area contributed by atoms with E-state index < -0.39 is 22.0 Å². The van der Waals surface area contributed by atoms with E-state index >= 15 is 0 Å². The van der Waals surface area contributed by atoms with Gasteiger partial charge in [0, 0.05) is 18.8 Å². The monoisotopic (exact) mass is 443 g/mol. The van der Waals surface area contributed by atoms with E-state index in [2.05, 4.69) is 10.6 Å². The van der Waals surface area contributed by atoms with Gasteiger partial charge in [-0.1, -0.05) is 17.7 Å². The van der Waals surface area contributed by atoms with Crippen LogP contribution in [0.15, 0.2) is 47.4 Å². The number of ether oxygens (including phenoxy) is 1. The second kappa shape index (κ2) is 8.32. The minimum absolute atomic E-state index is 0.0595. The van der Waals surface area contributed by atoms with Crippen molar-refractivity contribution in [2.75, 3.05) is 23.7 Å². The van der Waals surface area contributed by atoms with Crippen LogP contribution in [0.4, 0.5) is 11.4 Å². The number of amides is 2. The third kappa shape index (κ3) is 4.42. The summed E-state index contributed by atoms with van der Waals surface area (Å²) in [4.78, 5) is 24.6. The zero-order valence-corrected chi connectivity index (χ0v) is 18.2. The van der Waals surface area contributed by atoms with Crippen molar-refractivity contribution in [2.24, 2.45) is 5.92 Å². The molecule has 2 amide bonds. The highest BCUT2D eigenvalue weighted by molar-refractivity contribution is 7.89. The fourth-order valence-corrected chi connectivity index (χ4v) is 5.30. The molecule has 31 heavy (non-hydrogen) atoms. The van der Waals surface area contributed by atoms with Gasteiger partial charge in [-0.05, 0) is 57.0 Å². The summed E-state index contributed by atoms with van der Waals surface area (Å²) in [5.74, 6) is -0.525. The molecule has 1 fully saturated rings. The number of benzene rings is 2. The Morgan fingerprint density at radius 1 is 1.19 bits per heavy atom. The highest BCUT2D eigenvalue weighted by atomic mass is 32.2. The number of fused-ring (bicyclic) bond motifs is 1. The summed E-state index contributed by atoms with van der Waals surface area (Å²) in [6.45, 7) is 4.04. The van der Waals surface area contributed by atoms with Crippen LogP contribution in [-0.2, 0) is 19.6 Å². The van der Waals surface area contributed by atoms with Crippen LogP contribution >= 0.6 is 0 Å². The van der Waals surface area contributed by atoms with Crippen molar-refractivity contribution < 1.29 is 22.7 Å². The van der Waals surface area contributed by atoms with E-state index in [1.807, 2.05) is 31.2 Å². The number of sulfonamides is 1. The van der Waals surface area contributed by atoms with Gasteiger partial charge in [0.15, 0.2) is 6.10 Å². The summed E-state index contributed by atoms with van der Waals surface area (Å²) in [6.07, 6.45) is 0.577. The molecule has 2 N–H and O–H groups in total. The van der Waals surface area contributed by atoms with Gasteiger partial charge < -0.3 is 15.4 Å². The number of piperidine rings is 1. The minimum Gasteiger partial charge on any atom is -0.479 e. The molecule has 0 aliphatic carbocycles. The number of hydrogen-bond donors (Lipinski definition) is 2. The number of nitrogens with one attached hydrogen (secondary N) is 2. The van der Waals surface area contributed by atoms with Gasteiger partial charge in [-0.25, -0.2) is 8.42 Å². The third-order valence-corrected chi connectivity index (χ3v) is 7.45. The molecule has 2 aromatic rings. The van der Waals surface area contributed by atoms with E-state index in [1.165, 1.54) is 16.4 Å². The molecule has 2 aliphatic heterocycles. The first-order chi connectivity index (χ1) is 14.7. The van der Waals surface area contributed by atoms with Gasteiger partial charge in [-0.15, -0.1) is 0 Å². The lowest BCUT2D eigenvalue weighted by molar-refractivity contribution is -0.123. The normalized spacial score (nSPS) is 21.5. The molecule has 1 saturated heterocycles. The van der Waals surface area contributed by atoms with Crippen LogP contribution in [-0.4, -0.2) is 43.7 Å². The predicted molar refractivity (Wildman–Crippen MR) is 116 cm³/mol. The van der Waals surface area contributed by atoms with Crippen molar-refractivity contribution in [3.8, 4) is 5.75 Å². The van der Waals surface area contributed by atoms with E-state index in [4.69, 9.17) is 4.74 Å². The summed E-state index contributed by atoms with van der Waals surface area (Å²) in [7, 11) is -3.82. The molecule has 0 unspecified atom stereocenters. The molecule has 4 rings (SSSR count). The number of hydrogen-bond acceptors (Lipinski definition) is 5. The molecule has 2 heterocycles. The van der Waals surface area contributed by atoms with Gasteiger partial charge >= 0.3 is 0 Å². The Bertz CT molecular complexity index is 1110. The van der Waals surface area contributed by atoms with E-state index in [0.29, 0.717) is 36.5 Å². The summed E-state index contributed by atoms with van der Waals surface area (Å²) in [5, 5.41) is 5.55. The van der Waals surface area contributed by atoms with Crippen LogP contribution in [0.1, 0.15) is 25.3 Å². The number of aryl methyl sites for hydroxylation is 1. The molecule has 0 aromatic heterocycles. The van der Waals surface area contributed by atoms with Crippen LogP contribution < -0.4 is 15.4 Å². The van der Waals surface area contributed by atoms with Crippen molar-refractivity contribution in [1.82, 2.24) is 4.31 Å².